The van der Waals surface area contributed by atoms with E-state index in [1.54, 1.807) is 30.3 Å². The number of anilines is 1. The van der Waals surface area contributed by atoms with Crippen LogP contribution in [-0.4, -0.2) is 23.0 Å². The van der Waals surface area contributed by atoms with Gasteiger partial charge in [0, 0.05) is 12.1 Å². The average molecular weight is 390 g/mol. The molecule has 3 aromatic rings. The first kappa shape index (κ1) is 17.2. The molecule has 134 valence electrons. The smallest absolute Gasteiger partial charge is 0.253 e. The zero-order chi connectivity index (χ0) is 18.1. The van der Waals surface area contributed by atoms with Gasteiger partial charge in [-0.1, -0.05) is 35.1 Å². The second kappa shape index (κ2) is 7.21. The minimum Gasteiger partial charge on any atom is -0.357 e. The summed E-state index contributed by atoms with van der Waals surface area (Å²) in [6.45, 7) is 0. The van der Waals surface area contributed by atoms with E-state index in [4.69, 9.17) is 11.6 Å². The summed E-state index contributed by atoms with van der Waals surface area (Å²) in [4.78, 5) is 17.0. The predicted octanol–water partition coefficient (Wildman–Crippen LogP) is 4.85. The highest BCUT2D eigenvalue weighted by atomic mass is 35.5. The van der Waals surface area contributed by atoms with E-state index in [-0.39, 0.29) is 23.8 Å². The van der Waals surface area contributed by atoms with Crippen LogP contribution in [0.3, 0.4) is 0 Å². The zero-order valence-electron chi connectivity index (χ0n) is 13.8. The largest absolute Gasteiger partial charge is 0.357 e. The second-order valence-corrected chi connectivity index (χ2v) is 7.81. The van der Waals surface area contributed by atoms with Crippen LogP contribution >= 0.6 is 22.9 Å². The van der Waals surface area contributed by atoms with E-state index in [1.165, 1.54) is 23.5 Å². The molecule has 0 aliphatic heterocycles. The summed E-state index contributed by atoms with van der Waals surface area (Å²) < 4.78 is 14.2. The number of aromatic nitrogens is 1. The number of nitrogens with one attached hydrogen (secondary N) is 2. The normalized spacial score (nSPS) is 19.6. The van der Waals surface area contributed by atoms with Gasteiger partial charge in [0.15, 0.2) is 5.13 Å². The number of hydrogen-bond acceptors (Lipinski definition) is 4. The number of carbonyl (C=O) groups excluding carboxylic acids is 1. The molecule has 2 atom stereocenters. The Morgan fingerprint density at radius 1 is 1.19 bits per heavy atom. The Morgan fingerprint density at radius 3 is 2.85 bits per heavy atom. The zero-order valence-corrected chi connectivity index (χ0v) is 15.4. The highest BCUT2D eigenvalue weighted by Crippen LogP contribution is 2.30. The van der Waals surface area contributed by atoms with Crippen LogP contribution in [0.15, 0.2) is 42.5 Å². The van der Waals surface area contributed by atoms with Crippen molar-refractivity contribution < 1.29 is 9.18 Å². The molecule has 2 aromatic carbocycles. The van der Waals surface area contributed by atoms with Crippen molar-refractivity contribution in [3.63, 3.8) is 0 Å². The molecule has 1 aliphatic carbocycles. The fourth-order valence-electron chi connectivity index (χ4n) is 3.32. The molecule has 2 N–H and O–H groups in total. The molecule has 1 heterocycles. The van der Waals surface area contributed by atoms with Gasteiger partial charge >= 0.3 is 0 Å². The number of nitrogens with zero attached hydrogens (tertiary/aromatic N) is 1. The lowest BCUT2D eigenvalue weighted by atomic mass is 10.1. The van der Waals surface area contributed by atoms with Crippen LogP contribution in [0.25, 0.3) is 10.2 Å². The van der Waals surface area contributed by atoms with Crippen molar-refractivity contribution in [3.8, 4) is 0 Å². The Kier molecular flexibility index (Phi) is 4.78. The van der Waals surface area contributed by atoms with Crippen molar-refractivity contribution in [1.29, 1.82) is 0 Å². The molecule has 1 saturated carbocycles. The van der Waals surface area contributed by atoms with Crippen molar-refractivity contribution in [3.05, 3.63) is 58.9 Å². The number of benzene rings is 2. The van der Waals surface area contributed by atoms with Crippen molar-refractivity contribution in [2.45, 2.75) is 31.3 Å². The fraction of sp³-hybridized carbons (Fsp3) is 0.263. The topological polar surface area (TPSA) is 54.0 Å². The van der Waals surface area contributed by atoms with Gasteiger partial charge in [0.25, 0.3) is 5.91 Å². The highest BCUT2D eigenvalue weighted by molar-refractivity contribution is 7.22. The summed E-state index contributed by atoms with van der Waals surface area (Å²) in [5, 5.41) is 7.68. The molecule has 26 heavy (non-hydrogen) atoms. The molecule has 4 nitrogen and oxygen atoms in total. The summed E-state index contributed by atoms with van der Waals surface area (Å²) >= 11 is 7.54. The number of fused-ring (bicyclic) bond motifs is 1. The monoisotopic (exact) mass is 389 g/mol. The predicted molar refractivity (Wildman–Crippen MR) is 104 cm³/mol. The molecule has 7 heteroatoms. The van der Waals surface area contributed by atoms with E-state index in [9.17, 15) is 9.18 Å². The SMILES string of the molecule is O=C(N[C@@H]1CCC[C@H]1Nc1nc2ccc(F)cc2s1)c1ccccc1Cl. The Labute approximate surface area is 159 Å². The maximum atomic E-state index is 13.4. The number of halogens is 2. The third kappa shape index (κ3) is 3.52. The van der Waals surface area contributed by atoms with Crippen LogP contribution in [0, 0.1) is 5.82 Å². The molecule has 1 aromatic heterocycles. The lowest BCUT2D eigenvalue weighted by molar-refractivity contribution is 0.0936. The molecule has 1 amide bonds. The van der Waals surface area contributed by atoms with Gasteiger partial charge in [-0.25, -0.2) is 9.37 Å². The molecule has 1 aliphatic rings. The first-order chi connectivity index (χ1) is 12.6. The van der Waals surface area contributed by atoms with Crippen LogP contribution in [0.1, 0.15) is 29.6 Å². The van der Waals surface area contributed by atoms with Crippen LogP contribution in [-0.2, 0) is 0 Å². The van der Waals surface area contributed by atoms with Crippen molar-refractivity contribution in [2.24, 2.45) is 0 Å². The number of thiazole rings is 1. The molecular formula is C19H17ClFN3OS. The maximum absolute atomic E-state index is 13.4. The molecule has 0 saturated heterocycles. The van der Waals surface area contributed by atoms with Crippen molar-refractivity contribution in [1.82, 2.24) is 10.3 Å². The van der Waals surface area contributed by atoms with E-state index < -0.39 is 0 Å². The fourth-order valence-corrected chi connectivity index (χ4v) is 4.49. The van der Waals surface area contributed by atoms with Gasteiger partial charge in [-0.2, -0.15) is 0 Å². The van der Waals surface area contributed by atoms with Gasteiger partial charge < -0.3 is 10.6 Å². The summed E-state index contributed by atoms with van der Waals surface area (Å²) in [5.74, 6) is -0.431. The van der Waals surface area contributed by atoms with Crippen molar-refractivity contribution in [2.75, 3.05) is 5.32 Å². The number of hydrogen-bond donors (Lipinski definition) is 2. The quantitative estimate of drug-likeness (QED) is 0.670. The van der Waals surface area contributed by atoms with Gasteiger partial charge in [-0.05, 0) is 49.6 Å². The number of amides is 1. The van der Waals surface area contributed by atoms with E-state index in [2.05, 4.69) is 15.6 Å². The third-order valence-electron chi connectivity index (χ3n) is 4.61. The van der Waals surface area contributed by atoms with Crippen molar-refractivity contribution >= 4 is 44.2 Å². The minimum absolute atomic E-state index is 0.00233. The Balaban J connectivity index is 1.47. The maximum Gasteiger partial charge on any atom is 0.253 e. The van der Waals surface area contributed by atoms with Gasteiger partial charge in [-0.3, -0.25) is 4.79 Å². The van der Waals surface area contributed by atoms with Crippen LogP contribution in [0.5, 0.6) is 0 Å². The first-order valence-corrected chi connectivity index (χ1v) is 9.67. The van der Waals surface area contributed by atoms with Crippen LogP contribution in [0.2, 0.25) is 5.02 Å². The lowest BCUT2D eigenvalue weighted by Crippen LogP contribution is -2.43. The van der Waals surface area contributed by atoms with Gasteiger partial charge in [0.05, 0.1) is 20.8 Å². The van der Waals surface area contributed by atoms with E-state index in [1.807, 2.05) is 0 Å². The standard InChI is InChI=1S/C19H17ClFN3OS/c20-13-5-2-1-4-12(13)18(25)22-14-6-3-7-15(14)23-19-24-16-9-8-11(21)10-17(16)26-19/h1-2,4-5,8-10,14-15H,3,6-7H2,(H,22,25)(H,23,24)/t14-,15-/m1/s1. The summed E-state index contributed by atoms with van der Waals surface area (Å²) in [5.41, 5.74) is 1.25. The minimum atomic E-state index is -0.265. The molecule has 4 rings (SSSR count). The van der Waals surface area contributed by atoms with Gasteiger partial charge in [-0.15, -0.1) is 0 Å². The van der Waals surface area contributed by atoms with E-state index in [0.717, 1.165) is 34.6 Å². The third-order valence-corrected chi connectivity index (χ3v) is 5.89. The van der Waals surface area contributed by atoms with Gasteiger partial charge in [0.2, 0.25) is 0 Å². The molecule has 1 fully saturated rings. The van der Waals surface area contributed by atoms with Gasteiger partial charge in [0.1, 0.15) is 5.82 Å². The molecule has 0 radical (unpaired) electrons. The van der Waals surface area contributed by atoms with Crippen LogP contribution in [0.4, 0.5) is 9.52 Å². The second-order valence-electron chi connectivity index (χ2n) is 6.37. The Hall–Kier alpha value is -2.18. The molecule has 0 bridgehead atoms. The number of rotatable bonds is 4. The molecule has 0 spiro atoms. The van der Waals surface area contributed by atoms with Crippen LogP contribution < -0.4 is 10.6 Å². The number of carbonyl (C=O) groups is 1. The van der Waals surface area contributed by atoms with E-state index in [0.29, 0.717) is 10.6 Å². The average Bonchev–Trinajstić information content (AvgIpc) is 3.21. The summed E-state index contributed by atoms with van der Waals surface area (Å²) in [6, 6.07) is 11.7. The Bertz CT molecular complexity index is 961. The lowest BCUT2D eigenvalue weighted by Gasteiger charge is -2.22. The molecule has 0 unspecified atom stereocenters. The summed E-state index contributed by atoms with van der Waals surface area (Å²) in [7, 11) is 0. The molecular weight excluding hydrogens is 373 g/mol. The highest BCUT2D eigenvalue weighted by Gasteiger charge is 2.29. The summed E-state index contributed by atoms with van der Waals surface area (Å²) in [6.07, 6.45) is 2.86. The first-order valence-electron chi connectivity index (χ1n) is 8.48. The van der Waals surface area contributed by atoms with E-state index >= 15 is 0 Å². The Morgan fingerprint density at radius 2 is 2.00 bits per heavy atom.